The molecule has 1 aromatic rings. The number of nitrogens with zero attached hydrogens (tertiary/aromatic N) is 3. The Balaban J connectivity index is 2.17. The van der Waals surface area contributed by atoms with Gasteiger partial charge in [0.05, 0.1) is 12.4 Å². The van der Waals surface area contributed by atoms with Crippen LogP contribution < -0.4 is 10.6 Å². The van der Waals surface area contributed by atoms with E-state index in [9.17, 15) is 0 Å². The molecule has 1 aliphatic heterocycles. The Kier molecular flexibility index (Phi) is 3.33. The number of thiocarbonyl (C=S) groups is 1. The second-order valence-electron chi connectivity index (χ2n) is 4.16. The van der Waals surface area contributed by atoms with Gasteiger partial charge in [-0.2, -0.15) is 0 Å². The lowest BCUT2D eigenvalue weighted by Gasteiger charge is -2.34. The van der Waals surface area contributed by atoms with Gasteiger partial charge in [0.1, 0.15) is 16.5 Å². The number of rotatable bonds is 2. The molecule has 4 nitrogen and oxygen atoms in total. The summed E-state index contributed by atoms with van der Waals surface area (Å²) < 4.78 is 0. The highest BCUT2D eigenvalue weighted by atomic mass is 32.1. The van der Waals surface area contributed by atoms with E-state index >= 15 is 0 Å². The molecule has 86 valence electrons. The molecule has 0 aromatic carbocycles. The topological polar surface area (TPSA) is 55.0 Å². The average Bonchev–Trinajstić information content (AvgIpc) is 2.30. The molecule has 0 saturated carbocycles. The normalized spacial score (nSPS) is 20.8. The largest absolute Gasteiger partial charge is 0.388 e. The fraction of sp³-hybridized carbons (Fsp3) is 0.545. The molecule has 1 fully saturated rings. The molecule has 1 atom stereocenters. The quantitative estimate of drug-likeness (QED) is 0.788. The lowest BCUT2D eigenvalue weighted by atomic mass is 10.0. The van der Waals surface area contributed by atoms with E-state index in [-0.39, 0.29) is 0 Å². The van der Waals surface area contributed by atoms with Gasteiger partial charge >= 0.3 is 0 Å². The maximum atomic E-state index is 5.48. The van der Waals surface area contributed by atoms with Crippen molar-refractivity contribution in [1.82, 2.24) is 9.97 Å². The minimum atomic E-state index is 0.297. The van der Waals surface area contributed by atoms with Gasteiger partial charge in [-0.05, 0) is 26.2 Å². The van der Waals surface area contributed by atoms with Crippen LogP contribution in [-0.4, -0.2) is 27.5 Å². The smallest absolute Gasteiger partial charge is 0.147 e. The van der Waals surface area contributed by atoms with Crippen molar-refractivity contribution in [3.63, 3.8) is 0 Å². The molecule has 5 heteroatoms. The minimum Gasteiger partial charge on any atom is -0.388 e. The van der Waals surface area contributed by atoms with Crippen molar-refractivity contribution in [3.8, 4) is 0 Å². The van der Waals surface area contributed by atoms with Crippen LogP contribution in [0.2, 0.25) is 0 Å². The third-order valence-corrected chi connectivity index (χ3v) is 3.20. The lowest BCUT2D eigenvalue weighted by Crippen LogP contribution is -2.38. The number of anilines is 1. The Morgan fingerprint density at radius 3 is 2.81 bits per heavy atom. The van der Waals surface area contributed by atoms with Crippen LogP contribution in [0, 0.1) is 0 Å². The maximum Gasteiger partial charge on any atom is 0.147 e. The van der Waals surface area contributed by atoms with Crippen LogP contribution in [0.5, 0.6) is 0 Å². The summed E-state index contributed by atoms with van der Waals surface area (Å²) in [7, 11) is 0. The molecule has 1 unspecified atom stereocenters. The second kappa shape index (κ2) is 4.74. The molecule has 2 N–H and O–H groups in total. The van der Waals surface area contributed by atoms with Crippen LogP contribution in [0.3, 0.4) is 0 Å². The van der Waals surface area contributed by atoms with Crippen molar-refractivity contribution in [2.24, 2.45) is 5.73 Å². The molecule has 0 bridgehead atoms. The van der Waals surface area contributed by atoms with E-state index in [0.29, 0.717) is 16.7 Å². The zero-order valence-corrected chi connectivity index (χ0v) is 10.2. The summed E-state index contributed by atoms with van der Waals surface area (Å²) in [5.74, 6) is 0.923. The molecule has 2 rings (SSSR count). The Labute approximate surface area is 101 Å². The van der Waals surface area contributed by atoms with Crippen LogP contribution in [0.15, 0.2) is 12.4 Å². The van der Waals surface area contributed by atoms with E-state index in [2.05, 4.69) is 21.8 Å². The van der Waals surface area contributed by atoms with Crippen LogP contribution in [0.1, 0.15) is 31.9 Å². The van der Waals surface area contributed by atoms with Gasteiger partial charge in [0.15, 0.2) is 0 Å². The third kappa shape index (κ3) is 2.29. The van der Waals surface area contributed by atoms with Gasteiger partial charge in [-0.1, -0.05) is 12.2 Å². The predicted octanol–water partition coefficient (Wildman–Crippen LogP) is 1.49. The molecule has 1 aliphatic rings. The molecule has 0 amide bonds. The van der Waals surface area contributed by atoms with Crippen LogP contribution >= 0.6 is 12.2 Å². The second-order valence-corrected chi connectivity index (χ2v) is 4.60. The molecule has 0 aliphatic carbocycles. The highest BCUT2D eigenvalue weighted by molar-refractivity contribution is 7.80. The van der Waals surface area contributed by atoms with Gasteiger partial charge < -0.3 is 10.6 Å². The van der Waals surface area contributed by atoms with E-state index in [1.165, 1.54) is 19.3 Å². The van der Waals surface area contributed by atoms with Crippen molar-refractivity contribution in [1.29, 1.82) is 0 Å². The first-order valence-electron chi connectivity index (χ1n) is 5.57. The molecule has 1 saturated heterocycles. The summed E-state index contributed by atoms with van der Waals surface area (Å²) in [4.78, 5) is 11.2. The highest BCUT2D eigenvalue weighted by Gasteiger charge is 2.19. The van der Waals surface area contributed by atoms with Gasteiger partial charge in [-0.3, -0.25) is 0 Å². The van der Waals surface area contributed by atoms with Crippen molar-refractivity contribution in [2.45, 2.75) is 32.2 Å². The number of hydrogen-bond acceptors (Lipinski definition) is 4. The summed E-state index contributed by atoms with van der Waals surface area (Å²) in [6, 6.07) is 0.540. The first-order valence-corrected chi connectivity index (χ1v) is 5.98. The summed E-state index contributed by atoms with van der Waals surface area (Å²) in [5, 5.41) is 0. The zero-order chi connectivity index (χ0) is 11.5. The monoisotopic (exact) mass is 236 g/mol. The summed E-state index contributed by atoms with van der Waals surface area (Å²) in [5.41, 5.74) is 6.07. The van der Waals surface area contributed by atoms with Gasteiger partial charge in [0.25, 0.3) is 0 Å². The van der Waals surface area contributed by atoms with Gasteiger partial charge in [0.2, 0.25) is 0 Å². The number of piperidine rings is 1. The SMILES string of the molecule is CC1CCCCN1c1cnc(C(N)=S)cn1. The van der Waals surface area contributed by atoms with E-state index < -0.39 is 0 Å². The first kappa shape index (κ1) is 11.3. The van der Waals surface area contributed by atoms with E-state index in [1.807, 2.05) is 0 Å². The molecule has 0 radical (unpaired) electrons. The summed E-state index contributed by atoms with van der Waals surface area (Å²) >= 11 is 4.85. The summed E-state index contributed by atoms with van der Waals surface area (Å²) in [6.45, 7) is 3.28. The predicted molar refractivity (Wildman–Crippen MR) is 68.6 cm³/mol. The molecule has 0 spiro atoms. The van der Waals surface area contributed by atoms with Crippen LogP contribution in [0.25, 0.3) is 0 Å². The van der Waals surface area contributed by atoms with Crippen LogP contribution in [-0.2, 0) is 0 Å². The Bertz CT molecular complexity index is 376. The molecular formula is C11H16N4S. The van der Waals surface area contributed by atoms with Crippen molar-refractivity contribution >= 4 is 23.0 Å². The van der Waals surface area contributed by atoms with Crippen molar-refractivity contribution < 1.29 is 0 Å². The number of nitrogens with two attached hydrogens (primary N) is 1. The third-order valence-electron chi connectivity index (χ3n) is 2.99. The minimum absolute atomic E-state index is 0.297. The van der Waals surface area contributed by atoms with Crippen molar-refractivity contribution in [3.05, 3.63) is 18.1 Å². The van der Waals surface area contributed by atoms with E-state index in [1.54, 1.807) is 12.4 Å². The van der Waals surface area contributed by atoms with Crippen LogP contribution in [0.4, 0.5) is 5.82 Å². The fourth-order valence-corrected chi connectivity index (χ4v) is 2.14. The van der Waals surface area contributed by atoms with E-state index in [0.717, 1.165) is 12.4 Å². The van der Waals surface area contributed by atoms with Gasteiger partial charge in [-0.25, -0.2) is 9.97 Å². The Hall–Kier alpha value is -1.23. The molecule has 1 aromatic heterocycles. The summed E-state index contributed by atoms with van der Waals surface area (Å²) in [6.07, 6.45) is 7.16. The highest BCUT2D eigenvalue weighted by Crippen LogP contribution is 2.21. The lowest BCUT2D eigenvalue weighted by molar-refractivity contribution is 0.480. The zero-order valence-electron chi connectivity index (χ0n) is 9.39. The maximum absolute atomic E-state index is 5.48. The Morgan fingerprint density at radius 1 is 1.44 bits per heavy atom. The van der Waals surface area contributed by atoms with Gasteiger partial charge in [-0.15, -0.1) is 0 Å². The number of aromatic nitrogens is 2. The molecule has 2 heterocycles. The standard InChI is InChI=1S/C11H16N4S/c1-8-4-2-3-5-15(8)10-7-13-9(6-14-10)11(12)16/h6-8H,2-5H2,1H3,(H2,12,16). The fourth-order valence-electron chi connectivity index (χ4n) is 2.04. The molecule has 16 heavy (non-hydrogen) atoms. The number of hydrogen-bond donors (Lipinski definition) is 1. The first-order chi connectivity index (χ1) is 7.68. The van der Waals surface area contributed by atoms with Gasteiger partial charge in [0, 0.05) is 12.6 Å². The molecular weight excluding hydrogens is 220 g/mol. The van der Waals surface area contributed by atoms with Crippen molar-refractivity contribution in [2.75, 3.05) is 11.4 Å². The Morgan fingerprint density at radius 2 is 2.25 bits per heavy atom. The van der Waals surface area contributed by atoms with E-state index in [4.69, 9.17) is 18.0 Å². The average molecular weight is 236 g/mol.